The Morgan fingerprint density at radius 2 is 1.86 bits per heavy atom. The molecular weight excluding hydrogens is 481 g/mol. The monoisotopic (exact) mass is 514 g/mol. The van der Waals surface area contributed by atoms with E-state index in [0.29, 0.717) is 5.58 Å². The molecule has 3 atom stereocenters. The molecule has 3 unspecified atom stereocenters. The maximum atomic E-state index is 13.8. The predicted octanol–water partition coefficient (Wildman–Crippen LogP) is 8.21. The number of hydrogen-bond acceptors (Lipinski definition) is 4. The first-order valence-electron chi connectivity index (χ1n) is 13.0. The summed E-state index contributed by atoms with van der Waals surface area (Å²) in [6.07, 6.45) is -0.514. The molecule has 0 N–H and O–H groups in total. The van der Waals surface area contributed by atoms with Crippen LogP contribution in [-0.4, -0.2) is 24.4 Å². The molecule has 1 heterocycles. The van der Waals surface area contributed by atoms with Crippen molar-refractivity contribution in [2.24, 2.45) is 5.92 Å². The fourth-order valence-electron chi connectivity index (χ4n) is 5.12. The van der Waals surface area contributed by atoms with E-state index in [-0.39, 0.29) is 18.6 Å². The van der Waals surface area contributed by atoms with E-state index in [4.69, 9.17) is 13.9 Å². The second-order valence-corrected chi connectivity index (χ2v) is 9.59. The summed E-state index contributed by atoms with van der Waals surface area (Å²) in [5.74, 6) is -1.79. The molecule has 1 fully saturated rings. The molecule has 1 aromatic heterocycles. The van der Waals surface area contributed by atoms with Gasteiger partial charge in [-0.2, -0.15) is 13.2 Å². The smallest absolute Gasteiger partial charge is 0.398 e. The molecule has 2 aromatic carbocycles. The van der Waals surface area contributed by atoms with Crippen molar-refractivity contribution in [3.8, 4) is 17.1 Å². The summed E-state index contributed by atoms with van der Waals surface area (Å²) in [6, 6.07) is 13.5. The molecule has 1 aliphatic carbocycles. The summed E-state index contributed by atoms with van der Waals surface area (Å²) in [5, 5.41) is 0.841. The number of carbonyl (C=O) groups is 1. The first kappa shape index (κ1) is 26.8. The summed E-state index contributed by atoms with van der Waals surface area (Å²) < 4.78 is 58.4. The van der Waals surface area contributed by atoms with Gasteiger partial charge in [-0.15, -0.1) is 0 Å². The van der Waals surface area contributed by atoms with E-state index in [1.807, 2.05) is 6.07 Å². The number of ether oxygens (including phenoxy) is 2. The van der Waals surface area contributed by atoms with E-state index in [9.17, 15) is 18.0 Å². The number of halogens is 3. The molecule has 7 heteroatoms. The van der Waals surface area contributed by atoms with Gasteiger partial charge in [0.15, 0.2) is 0 Å². The predicted molar refractivity (Wildman–Crippen MR) is 138 cm³/mol. The van der Waals surface area contributed by atoms with Crippen molar-refractivity contribution in [1.29, 1.82) is 0 Å². The molecule has 1 saturated carbocycles. The van der Waals surface area contributed by atoms with Gasteiger partial charge in [-0.1, -0.05) is 51.5 Å². The Kier molecular flexibility index (Phi) is 8.30. The highest BCUT2D eigenvalue weighted by Gasteiger charge is 2.55. The van der Waals surface area contributed by atoms with Gasteiger partial charge >= 0.3 is 12.1 Å². The number of hydrogen-bond donors (Lipinski definition) is 0. The summed E-state index contributed by atoms with van der Waals surface area (Å²) in [5.41, 5.74) is 4.07. The quantitative estimate of drug-likeness (QED) is 0.155. The number of benzene rings is 2. The van der Waals surface area contributed by atoms with Gasteiger partial charge in [-0.3, -0.25) is 0 Å². The molecule has 0 saturated heterocycles. The van der Waals surface area contributed by atoms with E-state index in [1.54, 1.807) is 18.2 Å². The maximum absolute atomic E-state index is 13.8. The number of carbonyl (C=O) groups excluding carboxylic acids is 1. The highest BCUT2D eigenvalue weighted by atomic mass is 19.4. The number of alkyl halides is 3. The van der Waals surface area contributed by atoms with Crippen LogP contribution >= 0.6 is 0 Å². The van der Waals surface area contributed by atoms with E-state index in [0.717, 1.165) is 35.6 Å². The van der Waals surface area contributed by atoms with Crippen LogP contribution in [0.25, 0.3) is 22.3 Å². The molecule has 0 radical (unpaired) electrons. The zero-order valence-electron chi connectivity index (χ0n) is 21.3. The average Bonchev–Trinajstić information content (AvgIpc) is 3.47. The fourth-order valence-corrected chi connectivity index (χ4v) is 5.12. The molecule has 4 nitrogen and oxygen atoms in total. The number of unbranched alkanes of at least 4 members (excludes halogenated alkanes) is 2. The molecule has 0 amide bonds. The lowest BCUT2D eigenvalue weighted by Gasteiger charge is -2.27. The van der Waals surface area contributed by atoms with Crippen LogP contribution in [0, 0.1) is 5.92 Å². The van der Waals surface area contributed by atoms with Crippen LogP contribution in [0.3, 0.4) is 0 Å². The summed E-state index contributed by atoms with van der Waals surface area (Å²) in [6.45, 7) is 7.57. The van der Waals surface area contributed by atoms with Crippen molar-refractivity contribution in [1.82, 2.24) is 0 Å². The van der Waals surface area contributed by atoms with E-state index in [2.05, 4.69) is 38.6 Å². The SMILES string of the molecule is C=CC(=O)OC1CCC(Oc2ccc3cc(-c4ccc(CCCCC)cc4CC)oc3c2)C1C(F)(F)F. The van der Waals surface area contributed by atoms with Crippen molar-refractivity contribution >= 4 is 16.9 Å². The minimum Gasteiger partial charge on any atom is -0.489 e. The van der Waals surface area contributed by atoms with Crippen molar-refractivity contribution in [3.05, 3.63) is 66.2 Å². The van der Waals surface area contributed by atoms with Crippen LogP contribution in [-0.2, 0) is 22.4 Å². The molecular formula is C30H33F3O4. The number of furan rings is 1. The average molecular weight is 515 g/mol. The molecule has 37 heavy (non-hydrogen) atoms. The number of fused-ring (bicyclic) bond motifs is 1. The minimum atomic E-state index is -4.57. The van der Waals surface area contributed by atoms with E-state index in [1.165, 1.54) is 30.4 Å². The van der Waals surface area contributed by atoms with Gasteiger partial charge in [-0.25, -0.2) is 4.79 Å². The van der Waals surface area contributed by atoms with Crippen LogP contribution in [0.15, 0.2) is 59.5 Å². The van der Waals surface area contributed by atoms with Gasteiger partial charge < -0.3 is 13.9 Å². The Morgan fingerprint density at radius 1 is 1.08 bits per heavy atom. The molecule has 4 rings (SSSR count). The Morgan fingerprint density at radius 3 is 2.57 bits per heavy atom. The van der Waals surface area contributed by atoms with Gasteiger partial charge in [0.2, 0.25) is 0 Å². The van der Waals surface area contributed by atoms with Crippen LogP contribution in [0.4, 0.5) is 13.2 Å². The van der Waals surface area contributed by atoms with Crippen molar-refractivity contribution < 1.29 is 31.9 Å². The molecule has 0 aliphatic heterocycles. The van der Waals surface area contributed by atoms with Gasteiger partial charge in [0.25, 0.3) is 0 Å². The Hall–Kier alpha value is -3.22. The van der Waals surface area contributed by atoms with Crippen molar-refractivity contribution in [2.75, 3.05) is 0 Å². The molecule has 1 aliphatic rings. The lowest BCUT2D eigenvalue weighted by atomic mass is 9.97. The fraction of sp³-hybridized carbons (Fsp3) is 0.433. The van der Waals surface area contributed by atoms with Gasteiger partial charge in [0.1, 0.15) is 35.2 Å². The number of rotatable bonds is 10. The van der Waals surface area contributed by atoms with E-state index >= 15 is 0 Å². The third-order valence-corrected chi connectivity index (χ3v) is 7.01. The Balaban J connectivity index is 1.55. The molecule has 198 valence electrons. The largest absolute Gasteiger partial charge is 0.489 e. The van der Waals surface area contributed by atoms with E-state index < -0.39 is 30.3 Å². The van der Waals surface area contributed by atoms with Crippen molar-refractivity contribution in [2.45, 2.75) is 77.2 Å². The third-order valence-electron chi connectivity index (χ3n) is 7.01. The first-order valence-corrected chi connectivity index (χ1v) is 13.0. The zero-order chi connectivity index (χ0) is 26.6. The zero-order valence-corrected chi connectivity index (χ0v) is 21.3. The van der Waals surface area contributed by atoms with Gasteiger partial charge in [0, 0.05) is 23.1 Å². The Bertz CT molecular complexity index is 1240. The highest BCUT2D eigenvalue weighted by molar-refractivity contribution is 5.84. The summed E-state index contributed by atoms with van der Waals surface area (Å²) >= 11 is 0. The Labute approximate surface area is 215 Å². The molecule has 0 spiro atoms. The number of esters is 1. The van der Waals surface area contributed by atoms with Gasteiger partial charge in [0.05, 0.1) is 0 Å². The normalized spacial score (nSPS) is 19.8. The van der Waals surface area contributed by atoms with Crippen LogP contribution in [0.1, 0.15) is 57.1 Å². The third kappa shape index (κ3) is 6.20. The summed E-state index contributed by atoms with van der Waals surface area (Å²) in [7, 11) is 0. The van der Waals surface area contributed by atoms with Crippen molar-refractivity contribution in [3.63, 3.8) is 0 Å². The van der Waals surface area contributed by atoms with Crippen LogP contribution in [0.5, 0.6) is 5.75 Å². The second-order valence-electron chi connectivity index (χ2n) is 9.59. The van der Waals surface area contributed by atoms with Gasteiger partial charge in [-0.05, 0) is 61.4 Å². The standard InChI is InChI=1S/C30H33F3O4/c1-4-7-8-9-19-10-13-23(20(5-2)16-19)27-17-21-11-12-22(18-26(21)36-27)35-24-14-15-25(37-28(34)6-3)29(24)30(31,32)33/h6,10-13,16-18,24-25,29H,3-5,7-9,14-15H2,1-2H3. The number of aryl methyl sites for hydroxylation is 2. The van der Waals surface area contributed by atoms with Crippen LogP contribution < -0.4 is 4.74 Å². The first-order chi connectivity index (χ1) is 17.7. The lowest BCUT2D eigenvalue weighted by molar-refractivity contribution is -0.214. The second kappa shape index (κ2) is 11.4. The topological polar surface area (TPSA) is 48.7 Å². The lowest BCUT2D eigenvalue weighted by Crippen LogP contribution is -2.41. The maximum Gasteiger partial charge on any atom is 0.398 e. The minimum absolute atomic E-state index is 0.0653. The summed E-state index contributed by atoms with van der Waals surface area (Å²) in [4.78, 5) is 11.5. The van der Waals surface area contributed by atoms with Crippen LogP contribution in [0.2, 0.25) is 0 Å². The molecule has 0 bridgehead atoms. The highest BCUT2D eigenvalue weighted by Crippen LogP contribution is 2.43. The molecule has 3 aromatic rings.